The van der Waals surface area contributed by atoms with Gasteiger partial charge < -0.3 is 9.67 Å². The Morgan fingerprint density at radius 2 is 2.23 bits per heavy atom. The second-order valence-corrected chi connectivity index (χ2v) is 2.66. The van der Waals surface area contributed by atoms with Crippen LogP contribution >= 0.6 is 0 Å². The van der Waals surface area contributed by atoms with E-state index in [1.54, 1.807) is 0 Å². The minimum atomic E-state index is -3.91. The molecule has 0 aliphatic carbocycles. The maximum absolute atomic E-state index is 12.8. The fraction of sp³-hybridized carbons (Fsp3) is 0.429. The quantitative estimate of drug-likeness (QED) is 0.753. The molecule has 0 radical (unpaired) electrons. The van der Waals surface area contributed by atoms with Crippen LogP contribution in [0.2, 0.25) is 0 Å². The molecule has 4 nitrogen and oxygen atoms in total. The van der Waals surface area contributed by atoms with Crippen molar-refractivity contribution in [2.24, 2.45) is 7.05 Å². The van der Waals surface area contributed by atoms with E-state index in [0.717, 1.165) is 6.20 Å². The van der Waals surface area contributed by atoms with E-state index in [1.807, 2.05) is 0 Å². The van der Waals surface area contributed by atoms with Crippen molar-refractivity contribution in [3.63, 3.8) is 0 Å². The Morgan fingerprint density at radius 1 is 1.69 bits per heavy atom. The summed E-state index contributed by atoms with van der Waals surface area (Å²) >= 11 is 0. The number of alkyl halides is 2. The highest BCUT2D eigenvalue weighted by atomic mass is 19.3. The number of imidazole rings is 1. The Hall–Kier alpha value is -1.46. The molecule has 13 heavy (non-hydrogen) atoms. The van der Waals surface area contributed by atoms with Gasteiger partial charge in [-0.25, -0.2) is 9.78 Å². The molecule has 1 aromatic heterocycles. The summed E-state index contributed by atoms with van der Waals surface area (Å²) in [5, 5.41) is 8.20. The predicted octanol–water partition coefficient (Wildman–Crippen LogP) is 0.905. The Balaban J connectivity index is 3.15. The first-order valence-electron chi connectivity index (χ1n) is 3.47. The average molecular weight is 190 g/mol. The van der Waals surface area contributed by atoms with Gasteiger partial charge in [0.05, 0.1) is 0 Å². The van der Waals surface area contributed by atoms with Gasteiger partial charge >= 0.3 is 11.9 Å². The smallest absolute Gasteiger partial charge is 0.385 e. The zero-order chi connectivity index (χ0) is 10.2. The van der Waals surface area contributed by atoms with Crippen LogP contribution in [0, 0.1) is 6.92 Å². The lowest BCUT2D eigenvalue weighted by Gasteiger charge is -2.06. The zero-order valence-electron chi connectivity index (χ0n) is 7.08. The average Bonchev–Trinajstić information content (AvgIpc) is 2.32. The highest BCUT2D eigenvalue weighted by molar-refractivity contribution is 5.76. The zero-order valence-corrected chi connectivity index (χ0v) is 7.08. The van der Waals surface area contributed by atoms with Gasteiger partial charge in [0.15, 0.2) is 0 Å². The van der Waals surface area contributed by atoms with Gasteiger partial charge in [0.25, 0.3) is 0 Å². The summed E-state index contributed by atoms with van der Waals surface area (Å²) < 4.78 is 26.9. The number of aromatic nitrogens is 2. The van der Waals surface area contributed by atoms with Crippen LogP contribution in [0.1, 0.15) is 11.5 Å². The standard InChI is InChI=1S/C7H8F2N2O2/c1-4-10-5(3-11(4)2)7(8,9)6(12)13/h3H,1-2H3,(H,12,13). The van der Waals surface area contributed by atoms with Crippen LogP contribution in [0.25, 0.3) is 0 Å². The maximum atomic E-state index is 12.8. The number of aliphatic carboxylic acids is 1. The van der Waals surface area contributed by atoms with Crippen molar-refractivity contribution in [1.29, 1.82) is 0 Å². The number of carboxylic acids is 1. The first kappa shape index (κ1) is 9.63. The van der Waals surface area contributed by atoms with E-state index in [-0.39, 0.29) is 0 Å². The number of hydrogen-bond acceptors (Lipinski definition) is 2. The largest absolute Gasteiger partial charge is 0.476 e. The summed E-state index contributed by atoms with van der Waals surface area (Å²) in [6.45, 7) is 1.52. The summed E-state index contributed by atoms with van der Waals surface area (Å²) in [4.78, 5) is 13.6. The van der Waals surface area contributed by atoms with Gasteiger partial charge in [0, 0.05) is 13.2 Å². The lowest BCUT2D eigenvalue weighted by Crippen LogP contribution is -2.25. The van der Waals surface area contributed by atoms with E-state index in [2.05, 4.69) is 4.98 Å². The summed E-state index contributed by atoms with van der Waals surface area (Å²) in [6.07, 6.45) is 1.00. The lowest BCUT2D eigenvalue weighted by atomic mass is 10.2. The molecule has 6 heteroatoms. The molecule has 1 N–H and O–H groups in total. The topological polar surface area (TPSA) is 55.1 Å². The third-order valence-electron chi connectivity index (χ3n) is 1.70. The lowest BCUT2D eigenvalue weighted by molar-refractivity contribution is -0.166. The molecule has 0 aliphatic rings. The van der Waals surface area contributed by atoms with Crippen LogP contribution in [-0.2, 0) is 17.8 Å². The number of halogens is 2. The summed E-state index contributed by atoms with van der Waals surface area (Å²) in [7, 11) is 1.52. The molecule has 1 heterocycles. The minimum Gasteiger partial charge on any atom is -0.476 e. The normalized spacial score (nSPS) is 11.7. The Kier molecular flexibility index (Phi) is 2.07. The van der Waals surface area contributed by atoms with E-state index in [0.29, 0.717) is 5.82 Å². The summed E-state index contributed by atoms with van der Waals surface area (Å²) in [5.41, 5.74) is -0.736. The van der Waals surface area contributed by atoms with Gasteiger partial charge in [-0.1, -0.05) is 0 Å². The van der Waals surface area contributed by atoms with E-state index in [9.17, 15) is 13.6 Å². The van der Waals surface area contributed by atoms with E-state index in [1.165, 1.54) is 18.5 Å². The molecule has 0 bridgehead atoms. The first-order valence-corrected chi connectivity index (χ1v) is 3.47. The fourth-order valence-electron chi connectivity index (χ4n) is 0.820. The van der Waals surface area contributed by atoms with Crippen molar-refractivity contribution in [1.82, 2.24) is 9.55 Å². The SMILES string of the molecule is Cc1nc(C(F)(F)C(=O)O)cn1C. The van der Waals surface area contributed by atoms with Crippen LogP contribution in [0.15, 0.2) is 6.20 Å². The van der Waals surface area contributed by atoms with Crippen LogP contribution in [-0.4, -0.2) is 20.6 Å². The number of carbonyl (C=O) groups is 1. The molecule has 0 fully saturated rings. The van der Waals surface area contributed by atoms with Gasteiger partial charge in [0.1, 0.15) is 11.5 Å². The molecule has 0 saturated heterocycles. The number of carboxylic acid groups (broad SMARTS) is 1. The first-order chi connectivity index (χ1) is 5.85. The second-order valence-electron chi connectivity index (χ2n) is 2.66. The van der Waals surface area contributed by atoms with E-state index >= 15 is 0 Å². The molecule has 0 aliphatic heterocycles. The fourth-order valence-corrected chi connectivity index (χ4v) is 0.820. The highest BCUT2D eigenvalue weighted by Gasteiger charge is 2.43. The monoisotopic (exact) mass is 190 g/mol. The number of hydrogen-bond donors (Lipinski definition) is 1. The number of nitrogens with zero attached hydrogens (tertiary/aromatic N) is 2. The molecule has 0 aromatic carbocycles. The Bertz CT molecular complexity index is 327. The van der Waals surface area contributed by atoms with E-state index in [4.69, 9.17) is 5.11 Å². The van der Waals surface area contributed by atoms with Gasteiger partial charge in [0.2, 0.25) is 0 Å². The van der Waals surface area contributed by atoms with Crippen LogP contribution < -0.4 is 0 Å². The third kappa shape index (κ3) is 1.51. The minimum absolute atomic E-state index is 0.343. The molecule has 0 unspecified atom stereocenters. The van der Waals surface area contributed by atoms with Crippen LogP contribution in [0.5, 0.6) is 0 Å². The highest BCUT2D eigenvalue weighted by Crippen LogP contribution is 2.26. The molecule has 72 valence electrons. The second kappa shape index (κ2) is 2.79. The van der Waals surface area contributed by atoms with E-state index < -0.39 is 17.6 Å². The van der Waals surface area contributed by atoms with Crippen molar-refractivity contribution >= 4 is 5.97 Å². The molecule has 1 aromatic rings. The molecule has 1 rings (SSSR count). The molecule has 0 atom stereocenters. The van der Waals surface area contributed by atoms with Crippen LogP contribution in [0.4, 0.5) is 8.78 Å². The number of rotatable bonds is 2. The van der Waals surface area contributed by atoms with Crippen LogP contribution in [0.3, 0.4) is 0 Å². The molecular weight excluding hydrogens is 182 g/mol. The van der Waals surface area contributed by atoms with Gasteiger partial charge in [-0.05, 0) is 6.92 Å². The molecule has 0 amide bonds. The van der Waals surface area contributed by atoms with Crippen molar-refractivity contribution < 1.29 is 18.7 Å². The molecule has 0 saturated carbocycles. The van der Waals surface area contributed by atoms with Gasteiger partial charge in [-0.2, -0.15) is 8.78 Å². The summed E-state index contributed by atoms with van der Waals surface area (Å²) in [5.74, 6) is -5.76. The Labute approximate surface area is 72.8 Å². The third-order valence-corrected chi connectivity index (χ3v) is 1.70. The van der Waals surface area contributed by atoms with Crippen molar-refractivity contribution in [2.75, 3.05) is 0 Å². The maximum Gasteiger partial charge on any atom is 0.385 e. The summed E-state index contributed by atoms with van der Waals surface area (Å²) in [6, 6.07) is 0. The molecule has 0 spiro atoms. The van der Waals surface area contributed by atoms with Gasteiger partial charge in [-0.15, -0.1) is 0 Å². The number of aryl methyl sites for hydroxylation is 2. The van der Waals surface area contributed by atoms with Crippen molar-refractivity contribution in [3.8, 4) is 0 Å². The van der Waals surface area contributed by atoms with Crippen molar-refractivity contribution in [2.45, 2.75) is 12.8 Å². The Morgan fingerprint density at radius 3 is 2.54 bits per heavy atom. The van der Waals surface area contributed by atoms with Gasteiger partial charge in [-0.3, -0.25) is 0 Å². The molecular formula is C7H8F2N2O2. The van der Waals surface area contributed by atoms with Crippen molar-refractivity contribution in [3.05, 3.63) is 17.7 Å². The predicted molar refractivity (Wildman–Crippen MR) is 39.5 cm³/mol.